The Morgan fingerprint density at radius 3 is 2.30 bits per heavy atom. The number of carbonyl (C=O) groups excluding carboxylic acids is 2. The average molecular weight is 547 g/mol. The Morgan fingerprint density at radius 1 is 0.946 bits per heavy atom. The van der Waals surface area contributed by atoms with E-state index in [9.17, 15) is 18.0 Å². The molecule has 0 saturated heterocycles. The van der Waals surface area contributed by atoms with Crippen LogP contribution in [0.25, 0.3) is 10.8 Å². The molecule has 0 spiro atoms. The molecule has 0 aliphatic rings. The molecule has 2 amide bonds. The molecule has 3 aromatic carbocycles. The van der Waals surface area contributed by atoms with Crippen LogP contribution in [-0.2, 0) is 26.0 Å². The van der Waals surface area contributed by atoms with Crippen LogP contribution in [0.2, 0.25) is 0 Å². The molecule has 3 aromatic rings. The Morgan fingerprint density at radius 2 is 1.62 bits per heavy atom. The van der Waals surface area contributed by atoms with Gasteiger partial charge in [0.2, 0.25) is 21.8 Å². The van der Waals surface area contributed by atoms with Gasteiger partial charge >= 0.3 is 0 Å². The molecular weight excluding hydrogens is 512 g/mol. The van der Waals surface area contributed by atoms with Gasteiger partial charge in [-0.25, -0.2) is 8.42 Å². The predicted octanol–water partition coefficient (Wildman–Crippen LogP) is 3.00. The van der Waals surface area contributed by atoms with Crippen LogP contribution < -0.4 is 20.7 Å². The summed E-state index contributed by atoms with van der Waals surface area (Å²) >= 11 is 0. The highest BCUT2D eigenvalue weighted by Gasteiger charge is 2.22. The van der Waals surface area contributed by atoms with Crippen LogP contribution in [0.5, 0.6) is 0 Å². The highest BCUT2D eigenvalue weighted by Crippen LogP contribution is 2.18. The van der Waals surface area contributed by atoms with Gasteiger partial charge in [-0.15, -0.1) is 12.4 Å². The lowest BCUT2D eigenvalue weighted by atomic mass is 10.0. The first kappa shape index (κ1) is 30.1. The Labute approximate surface area is 225 Å². The zero-order valence-electron chi connectivity index (χ0n) is 20.9. The minimum atomic E-state index is -3.50. The van der Waals surface area contributed by atoms with Gasteiger partial charge in [0.25, 0.3) is 0 Å². The maximum Gasteiger partial charge on any atom is 0.242 e. The number of nitrogens with two attached hydrogens (primary N) is 1. The van der Waals surface area contributed by atoms with Crippen LogP contribution in [0.4, 0.5) is 5.69 Å². The van der Waals surface area contributed by atoms with Gasteiger partial charge in [-0.2, -0.15) is 0 Å². The van der Waals surface area contributed by atoms with Gasteiger partial charge < -0.3 is 16.4 Å². The second kappa shape index (κ2) is 14.6. The molecular formula is C27H35ClN4O4S. The fraction of sp³-hybridized carbons (Fsp3) is 0.333. The number of anilines is 1. The van der Waals surface area contributed by atoms with Gasteiger partial charge in [0, 0.05) is 25.9 Å². The summed E-state index contributed by atoms with van der Waals surface area (Å²) in [5.41, 5.74) is 7.01. The van der Waals surface area contributed by atoms with E-state index in [1.54, 1.807) is 24.3 Å². The van der Waals surface area contributed by atoms with Crippen molar-refractivity contribution in [2.24, 2.45) is 5.73 Å². The third-order valence-corrected chi connectivity index (χ3v) is 6.99. The van der Waals surface area contributed by atoms with Crippen LogP contribution >= 0.6 is 12.4 Å². The highest BCUT2D eigenvalue weighted by atomic mass is 35.5. The second-order valence-electron chi connectivity index (χ2n) is 8.71. The number of carbonyl (C=O) groups is 2. The Kier molecular flexibility index (Phi) is 11.8. The molecule has 0 heterocycles. The van der Waals surface area contributed by atoms with Crippen molar-refractivity contribution in [2.75, 3.05) is 30.2 Å². The van der Waals surface area contributed by atoms with Gasteiger partial charge in [0.05, 0.1) is 11.9 Å². The number of nitrogens with one attached hydrogen (secondary N) is 2. The van der Waals surface area contributed by atoms with Crippen molar-refractivity contribution in [2.45, 2.75) is 31.7 Å². The minimum absolute atomic E-state index is 0. The smallest absolute Gasteiger partial charge is 0.242 e. The quantitative estimate of drug-likeness (QED) is 0.284. The SMILES string of the molecule is CS(=O)(=O)N(CCCC(=O)NC(Cc1ccc2ccccc2c1)C(=O)NCCCN)c1ccccc1.Cl. The lowest BCUT2D eigenvalue weighted by Crippen LogP contribution is -2.48. The highest BCUT2D eigenvalue weighted by molar-refractivity contribution is 7.92. The molecule has 1 atom stereocenters. The fourth-order valence-electron chi connectivity index (χ4n) is 3.98. The first-order valence-electron chi connectivity index (χ1n) is 12.1. The normalized spacial score (nSPS) is 11.8. The van der Waals surface area contributed by atoms with E-state index in [0.29, 0.717) is 38.0 Å². The molecule has 3 rings (SSSR count). The number of hydrogen-bond donors (Lipinski definition) is 3. The van der Waals surface area contributed by atoms with Crippen molar-refractivity contribution in [1.82, 2.24) is 10.6 Å². The first-order chi connectivity index (χ1) is 17.3. The van der Waals surface area contributed by atoms with E-state index in [2.05, 4.69) is 10.6 Å². The zero-order chi connectivity index (χ0) is 26.0. The monoisotopic (exact) mass is 546 g/mol. The number of halogens is 1. The number of fused-ring (bicyclic) bond motifs is 1. The maximum atomic E-state index is 12.9. The van der Waals surface area contributed by atoms with Crippen LogP contribution in [0, 0.1) is 0 Å². The summed E-state index contributed by atoms with van der Waals surface area (Å²) in [7, 11) is -3.50. The van der Waals surface area contributed by atoms with Gasteiger partial charge in [-0.05, 0) is 47.9 Å². The van der Waals surface area contributed by atoms with Crippen LogP contribution in [0.15, 0.2) is 72.8 Å². The molecule has 0 bridgehead atoms. The fourth-order valence-corrected chi connectivity index (χ4v) is 4.94. The number of sulfonamides is 1. The summed E-state index contributed by atoms with van der Waals surface area (Å²) in [6.45, 7) is 1.05. The number of hydrogen-bond acceptors (Lipinski definition) is 5. The topological polar surface area (TPSA) is 122 Å². The number of para-hydroxylation sites is 1. The number of nitrogens with zero attached hydrogens (tertiary/aromatic N) is 1. The van der Waals surface area contributed by atoms with E-state index in [-0.39, 0.29) is 37.2 Å². The third-order valence-electron chi connectivity index (χ3n) is 5.80. The van der Waals surface area contributed by atoms with Crippen molar-refractivity contribution in [3.8, 4) is 0 Å². The molecule has 10 heteroatoms. The van der Waals surface area contributed by atoms with E-state index >= 15 is 0 Å². The average Bonchev–Trinajstić information content (AvgIpc) is 2.86. The van der Waals surface area contributed by atoms with E-state index < -0.39 is 16.1 Å². The molecule has 0 fully saturated rings. The van der Waals surface area contributed by atoms with E-state index in [1.807, 2.05) is 48.5 Å². The molecule has 8 nitrogen and oxygen atoms in total. The standard InChI is InChI=1S/C27H34N4O4S.ClH/c1-36(34,35)31(24-11-3-2-4-12-24)18-7-13-26(32)30-25(27(33)29-17-8-16-28)20-21-14-15-22-9-5-6-10-23(22)19-21;/h2-6,9-12,14-15,19,25H,7-8,13,16-18,20,28H2,1H3,(H,29,33)(H,30,32);1H. The van der Waals surface area contributed by atoms with Crippen LogP contribution in [-0.4, -0.2) is 52.2 Å². The number of benzene rings is 3. The van der Waals surface area contributed by atoms with Gasteiger partial charge in [0.1, 0.15) is 6.04 Å². The molecule has 200 valence electrons. The molecule has 1 unspecified atom stereocenters. The first-order valence-corrected chi connectivity index (χ1v) is 13.9. The summed E-state index contributed by atoms with van der Waals surface area (Å²) in [5, 5.41) is 7.84. The van der Waals surface area contributed by atoms with Gasteiger partial charge in [-0.3, -0.25) is 13.9 Å². The predicted molar refractivity (Wildman–Crippen MR) is 151 cm³/mol. The van der Waals surface area contributed by atoms with Gasteiger partial charge in [-0.1, -0.05) is 60.7 Å². The maximum absolute atomic E-state index is 12.9. The Hall–Kier alpha value is -3.14. The molecule has 37 heavy (non-hydrogen) atoms. The molecule has 4 N–H and O–H groups in total. The largest absolute Gasteiger partial charge is 0.354 e. The third kappa shape index (κ3) is 9.35. The molecule has 0 aromatic heterocycles. The van der Waals surface area contributed by atoms with Crippen molar-refractivity contribution in [1.29, 1.82) is 0 Å². The summed E-state index contributed by atoms with van der Waals surface area (Å²) in [6, 6.07) is 22.0. The summed E-state index contributed by atoms with van der Waals surface area (Å²) in [4.78, 5) is 25.6. The zero-order valence-corrected chi connectivity index (χ0v) is 22.6. The van der Waals surface area contributed by atoms with Crippen molar-refractivity contribution in [3.63, 3.8) is 0 Å². The van der Waals surface area contributed by atoms with Crippen LogP contribution in [0.1, 0.15) is 24.8 Å². The van der Waals surface area contributed by atoms with E-state index in [4.69, 9.17) is 5.73 Å². The van der Waals surface area contributed by atoms with Crippen molar-refractivity contribution < 1.29 is 18.0 Å². The van der Waals surface area contributed by atoms with Crippen molar-refractivity contribution >= 4 is 50.7 Å². The molecule has 0 aliphatic carbocycles. The number of amides is 2. The Bertz CT molecular complexity index is 1270. The summed E-state index contributed by atoms with van der Waals surface area (Å²) in [6.07, 6.45) is 2.52. The molecule has 0 saturated carbocycles. The Balaban J connectivity index is 0.00000481. The lowest BCUT2D eigenvalue weighted by molar-refractivity contribution is -0.129. The molecule has 0 aliphatic heterocycles. The van der Waals surface area contributed by atoms with Crippen LogP contribution in [0.3, 0.4) is 0 Å². The van der Waals surface area contributed by atoms with Crippen molar-refractivity contribution in [3.05, 3.63) is 78.4 Å². The van der Waals surface area contributed by atoms with E-state index in [1.165, 1.54) is 4.31 Å². The molecule has 0 radical (unpaired) electrons. The summed E-state index contributed by atoms with van der Waals surface area (Å²) in [5.74, 6) is -0.580. The number of rotatable bonds is 13. The van der Waals surface area contributed by atoms with E-state index in [0.717, 1.165) is 22.6 Å². The summed E-state index contributed by atoms with van der Waals surface area (Å²) < 4.78 is 25.8. The minimum Gasteiger partial charge on any atom is -0.354 e. The van der Waals surface area contributed by atoms with Gasteiger partial charge in [0.15, 0.2) is 0 Å². The lowest BCUT2D eigenvalue weighted by Gasteiger charge is -2.23. The second-order valence-corrected chi connectivity index (χ2v) is 10.6.